The smallest absolute Gasteiger partial charge is 0.339 e. The minimum Gasteiger partial charge on any atom is -0.507 e. The lowest BCUT2D eigenvalue weighted by Gasteiger charge is -2.06. The molecular formula is C17H10O3. The molecule has 3 heteroatoms. The number of hydrogen-bond acceptors (Lipinski definition) is 3. The lowest BCUT2D eigenvalue weighted by molar-refractivity contribution is 0.468. The van der Waals surface area contributed by atoms with Crippen LogP contribution < -0.4 is 5.63 Å². The Morgan fingerprint density at radius 1 is 0.850 bits per heavy atom. The van der Waals surface area contributed by atoms with Crippen LogP contribution in [-0.2, 0) is 0 Å². The Labute approximate surface area is 113 Å². The van der Waals surface area contributed by atoms with Crippen LogP contribution in [0.2, 0.25) is 0 Å². The van der Waals surface area contributed by atoms with E-state index in [1.807, 2.05) is 36.4 Å². The summed E-state index contributed by atoms with van der Waals surface area (Å²) in [5.41, 5.74) is -0.145. The van der Waals surface area contributed by atoms with Gasteiger partial charge in [-0.2, -0.15) is 0 Å². The maximum Gasteiger partial charge on any atom is 0.339 e. The van der Waals surface area contributed by atoms with E-state index >= 15 is 0 Å². The summed E-state index contributed by atoms with van der Waals surface area (Å²) in [5.74, 6) is -0.0443. The molecule has 0 aliphatic carbocycles. The summed E-state index contributed by atoms with van der Waals surface area (Å²) in [4.78, 5) is 11.3. The highest BCUT2D eigenvalue weighted by molar-refractivity contribution is 6.12. The standard InChI is InChI=1S/C17H10O3/c18-14-9-16(19)20-15-6-5-12-7-10-3-1-2-4-11(10)8-13(12)17(14)15/h1-9,18H. The molecule has 4 aromatic rings. The maximum atomic E-state index is 11.3. The van der Waals surface area contributed by atoms with E-state index in [4.69, 9.17) is 4.42 Å². The van der Waals surface area contributed by atoms with Crippen molar-refractivity contribution >= 4 is 32.5 Å². The minimum atomic E-state index is -0.546. The third kappa shape index (κ3) is 1.50. The van der Waals surface area contributed by atoms with Gasteiger partial charge in [0.2, 0.25) is 0 Å². The summed E-state index contributed by atoms with van der Waals surface area (Å²) in [6.07, 6.45) is 0. The molecule has 96 valence electrons. The topological polar surface area (TPSA) is 50.4 Å². The van der Waals surface area contributed by atoms with Crippen LogP contribution in [0.3, 0.4) is 0 Å². The molecule has 0 saturated carbocycles. The second kappa shape index (κ2) is 3.84. The van der Waals surface area contributed by atoms with Gasteiger partial charge < -0.3 is 9.52 Å². The van der Waals surface area contributed by atoms with Gasteiger partial charge in [0, 0.05) is 0 Å². The van der Waals surface area contributed by atoms with Gasteiger partial charge in [-0.1, -0.05) is 30.3 Å². The van der Waals surface area contributed by atoms with Crippen LogP contribution in [0.15, 0.2) is 63.8 Å². The average molecular weight is 262 g/mol. The van der Waals surface area contributed by atoms with Crippen LogP contribution in [0.1, 0.15) is 0 Å². The van der Waals surface area contributed by atoms with Gasteiger partial charge in [-0.15, -0.1) is 0 Å². The lowest BCUT2D eigenvalue weighted by Crippen LogP contribution is -1.95. The normalized spacial score (nSPS) is 11.4. The monoisotopic (exact) mass is 262 g/mol. The molecule has 0 amide bonds. The fourth-order valence-corrected chi connectivity index (χ4v) is 2.66. The lowest BCUT2D eigenvalue weighted by atomic mass is 10.0. The van der Waals surface area contributed by atoms with Crippen LogP contribution >= 0.6 is 0 Å². The second-order valence-corrected chi connectivity index (χ2v) is 4.81. The maximum absolute atomic E-state index is 11.3. The fraction of sp³-hybridized carbons (Fsp3) is 0. The Balaban J connectivity index is 2.29. The van der Waals surface area contributed by atoms with E-state index in [9.17, 15) is 9.90 Å². The van der Waals surface area contributed by atoms with Crippen LogP contribution in [0.25, 0.3) is 32.5 Å². The number of benzene rings is 3. The summed E-state index contributed by atoms with van der Waals surface area (Å²) < 4.78 is 5.15. The van der Waals surface area contributed by atoms with Crippen molar-refractivity contribution in [3.63, 3.8) is 0 Å². The molecule has 4 rings (SSSR count). The number of fused-ring (bicyclic) bond motifs is 4. The van der Waals surface area contributed by atoms with Gasteiger partial charge in [0.05, 0.1) is 11.5 Å². The Hall–Kier alpha value is -2.81. The summed E-state index contributed by atoms with van der Waals surface area (Å²) >= 11 is 0. The molecule has 1 N–H and O–H groups in total. The van der Waals surface area contributed by atoms with E-state index in [-0.39, 0.29) is 5.75 Å². The zero-order chi connectivity index (χ0) is 13.7. The Morgan fingerprint density at radius 3 is 2.40 bits per heavy atom. The van der Waals surface area contributed by atoms with Gasteiger partial charge in [-0.3, -0.25) is 0 Å². The molecule has 3 aromatic carbocycles. The van der Waals surface area contributed by atoms with Gasteiger partial charge in [-0.25, -0.2) is 4.79 Å². The van der Waals surface area contributed by atoms with E-state index in [2.05, 4.69) is 6.07 Å². The molecule has 0 aliphatic heterocycles. The highest BCUT2D eigenvalue weighted by Crippen LogP contribution is 2.33. The predicted molar refractivity (Wildman–Crippen MR) is 79.2 cm³/mol. The predicted octanol–water partition coefficient (Wildman–Crippen LogP) is 3.81. The molecule has 0 unspecified atom stereocenters. The molecule has 0 fully saturated rings. The Kier molecular flexibility index (Phi) is 2.12. The SMILES string of the molecule is O=c1cc(O)c2c(ccc3cc4ccccc4cc32)o1. The van der Waals surface area contributed by atoms with E-state index in [0.717, 1.165) is 27.6 Å². The van der Waals surface area contributed by atoms with E-state index in [1.54, 1.807) is 6.07 Å². The molecular weight excluding hydrogens is 252 g/mol. The van der Waals surface area contributed by atoms with Crippen molar-refractivity contribution in [2.45, 2.75) is 0 Å². The molecule has 0 spiro atoms. The summed E-state index contributed by atoms with van der Waals surface area (Å²) in [6.45, 7) is 0. The average Bonchev–Trinajstić information content (AvgIpc) is 2.44. The summed E-state index contributed by atoms with van der Waals surface area (Å²) in [6, 6.07) is 16.8. The number of aromatic hydroxyl groups is 1. The molecule has 1 aromatic heterocycles. The fourth-order valence-electron chi connectivity index (χ4n) is 2.66. The number of rotatable bonds is 0. The van der Waals surface area contributed by atoms with Crippen molar-refractivity contribution in [1.29, 1.82) is 0 Å². The molecule has 0 radical (unpaired) electrons. The largest absolute Gasteiger partial charge is 0.507 e. The van der Waals surface area contributed by atoms with Gasteiger partial charge >= 0.3 is 5.63 Å². The van der Waals surface area contributed by atoms with Crippen molar-refractivity contribution in [3.8, 4) is 5.75 Å². The molecule has 0 saturated heterocycles. The zero-order valence-electron chi connectivity index (χ0n) is 10.5. The van der Waals surface area contributed by atoms with Crippen LogP contribution in [0.5, 0.6) is 5.75 Å². The van der Waals surface area contributed by atoms with Crippen LogP contribution in [0, 0.1) is 0 Å². The van der Waals surface area contributed by atoms with Gasteiger partial charge in [0.15, 0.2) is 0 Å². The van der Waals surface area contributed by atoms with Crippen molar-refractivity contribution < 1.29 is 9.52 Å². The summed E-state index contributed by atoms with van der Waals surface area (Å²) in [7, 11) is 0. The Morgan fingerprint density at radius 2 is 1.60 bits per heavy atom. The van der Waals surface area contributed by atoms with Crippen molar-refractivity contribution in [2.75, 3.05) is 0 Å². The number of hydrogen-bond donors (Lipinski definition) is 1. The van der Waals surface area contributed by atoms with Gasteiger partial charge in [-0.05, 0) is 39.7 Å². The molecule has 0 bridgehead atoms. The van der Waals surface area contributed by atoms with Gasteiger partial charge in [0.25, 0.3) is 0 Å². The molecule has 1 heterocycles. The van der Waals surface area contributed by atoms with Crippen molar-refractivity contribution in [2.24, 2.45) is 0 Å². The zero-order valence-corrected chi connectivity index (χ0v) is 10.5. The van der Waals surface area contributed by atoms with Crippen molar-refractivity contribution in [1.82, 2.24) is 0 Å². The molecule has 0 aliphatic rings. The summed E-state index contributed by atoms with van der Waals surface area (Å²) in [5, 5.41) is 14.7. The first-order valence-electron chi connectivity index (χ1n) is 6.31. The quantitative estimate of drug-likeness (QED) is 0.298. The Bertz CT molecular complexity index is 1030. The van der Waals surface area contributed by atoms with E-state index in [0.29, 0.717) is 11.0 Å². The van der Waals surface area contributed by atoms with Crippen LogP contribution in [-0.4, -0.2) is 5.11 Å². The van der Waals surface area contributed by atoms with Crippen LogP contribution in [0.4, 0.5) is 0 Å². The van der Waals surface area contributed by atoms with E-state index < -0.39 is 5.63 Å². The third-order valence-electron chi connectivity index (χ3n) is 3.57. The van der Waals surface area contributed by atoms with Gasteiger partial charge in [0.1, 0.15) is 11.3 Å². The minimum absolute atomic E-state index is 0.0443. The molecule has 0 atom stereocenters. The first-order valence-corrected chi connectivity index (χ1v) is 6.31. The van der Waals surface area contributed by atoms with Crippen molar-refractivity contribution in [3.05, 3.63) is 65.0 Å². The highest BCUT2D eigenvalue weighted by Gasteiger charge is 2.09. The van der Waals surface area contributed by atoms with E-state index in [1.165, 1.54) is 0 Å². The first kappa shape index (κ1) is 11.1. The molecule has 3 nitrogen and oxygen atoms in total. The third-order valence-corrected chi connectivity index (χ3v) is 3.57. The second-order valence-electron chi connectivity index (χ2n) is 4.81. The highest BCUT2D eigenvalue weighted by atomic mass is 16.4. The molecule has 20 heavy (non-hydrogen) atoms. The first-order chi connectivity index (χ1) is 9.72.